The van der Waals surface area contributed by atoms with Gasteiger partial charge in [-0.1, -0.05) is 0 Å². The number of phosphoric ester groups is 1. The molecule has 0 aromatic carbocycles. The zero-order valence-corrected chi connectivity index (χ0v) is 12.7. The molecule has 2 heterocycles. The number of hydrogen-bond acceptors (Lipinski definition) is 6. The maximum atomic E-state index is 11.7. The highest BCUT2D eigenvalue weighted by Gasteiger charge is 2.37. The van der Waals surface area contributed by atoms with Crippen molar-refractivity contribution in [3.63, 3.8) is 0 Å². The zero-order chi connectivity index (χ0) is 15.8. The van der Waals surface area contributed by atoms with Gasteiger partial charge in [0.1, 0.15) is 12.3 Å². The van der Waals surface area contributed by atoms with Gasteiger partial charge in [0.25, 0.3) is 5.56 Å². The first kappa shape index (κ1) is 21.6. The predicted octanol–water partition coefficient (Wildman–Crippen LogP) is -1.09. The Hall–Kier alpha value is -1.43. The van der Waals surface area contributed by atoms with Crippen LogP contribution in [0, 0.1) is 6.92 Å². The maximum absolute atomic E-state index is 11.7. The van der Waals surface area contributed by atoms with Crippen LogP contribution < -0.4 is 11.2 Å². The molecule has 0 aliphatic carbocycles. The topological polar surface area (TPSA) is 151 Å². The number of aromatic nitrogens is 2. The molecule has 1 saturated heterocycles. The smallest absolute Gasteiger partial charge is 0.390 e. The summed E-state index contributed by atoms with van der Waals surface area (Å²) < 4.78 is 21.4. The van der Waals surface area contributed by atoms with Crippen molar-refractivity contribution in [2.24, 2.45) is 0 Å². The second-order valence-corrected chi connectivity index (χ2v) is 5.94. The average molecular weight is 362 g/mol. The Morgan fingerprint density at radius 2 is 2.04 bits per heavy atom. The molecule has 0 unspecified atom stereocenters. The number of halogens is 2. The third-order valence-corrected chi connectivity index (χ3v) is 3.55. The van der Waals surface area contributed by atoms with Gasteiger partial charge in [-0.2, -0.15) is 0 Å². The lowest BCUT2D eigenvalue weighted by Gasteiger charge is -2.16. The molecule has 23 heavy (non-hydrogen) atoms. The van der Waals surface area contributed by atoms with Crippen molar-refractivity contribution in [2.75, 3.05) is 6.61 Å². The summed E-state index contributed by atoms with van der Waals surface area (Å²) >= 11 is 0. The van der Waals surface area contributed by atoms with Gasteiger partial charge in [0.05, 0.1) is 12.7 Å². The number of aryl methyl sites for hydroxylation is 1. The maximum Gasteiger partial charge on any atom is 0.469 e. The molecule has 1 aliphatic heterocycles. The quantitative estimate of drug-likeness (QED) is 0.493. The molecule has 134 valence electrons. The fourth-order valence-corrected chi connectivity index (χ4v) is 2.35. The third kappa shape index (κ3) is 5.30. The van der Waals surface area contributed by atoms with Crippen molar-refractivity contribution < 1.29 is 38.1 Å². The number of rotatable bonds is 4. The molecule has 0 bridgehead atoms. The summed E-state index contributed by atoms with van der Waals surface area (Å²) in [6.07, 6.45) is -1.57. The van der Waals surface area contributed by atoms with E-state index in [-0.39, 0.29) is 15.8 Å². The molecule has 2 rings (SSSR count). The molecule has 1 aliphatic rings. The number of phosphoric acid groups is 1. The minimum Gasteiger partial charge on any atom is -0.390 e. The van der Waals surface area contributed by atoms with Crippen molar-refractivity contribution in [3.8, 4) is 0 Å². The van der Waals surface area contributed by atoms with Crippen LogP contribution in [-0.4, -0.2) is 43.3 Å². The second kappa shape index (κ2) is 7.90. The first-order chi connectivity index (χ1) is 9.67. The van der Waals surface area contributed by atoms with E-state index in [9.17, 15) is 19.3 Å². The Morgan fingerprint density at radius 1 is 1.43 bits per heavy atom. The SMILES string of the molecule is Cc1cn([C@H]2C[C@H](O)[C@@H](COP(=O)(O)O)O2)c(=O)[nH]c1=O.F.F. The number of aromatic amines is 1. The fourth-order valence-electron chi connectivity index (χ4n) is 2.01. The Labute approximate surface area is 127 Å². The minimum absolute atomic E-state index is 0. The van der Waals surface area contributed by atoms with E-state index in [2.05, 4.69) is 9.51 Å². The Morgan fingerprint density at radius 3 is 2.61 bits per heavy atom. The van der Waals surface area contributed by atoms with Gasteiger partial charge in [-0.15, -0.1) is 0 Å². The highest BCUT2D eigenvalue weighted by atomic mass is 31.2. The molecule has 0 amide bonds. The van der Waals surface area contributed by atoms with Gasteiger partial charge >= 0.3 is 13.5 Å². The Balaban J connectivity index is 0.00000242. The summed E-state index contributed by atoms with van der Waals surface area (Å²) in [6, 6.07) is 0. The number of aliphatic hydroxyl groups excluding tert-OH is 1. The van der Waals surface area contributed by atoms with Crippen molar-refractivity contribution in [1.29, 1.82) is 0 Å². The third-order valence-electron chi connectivity index (χ3n) is 3.07. The van der Waals surface area contributed by atoms with E-state index in [1.54, 1.807) is 0 Å². The van der Waals surface area contributed by atoms with E-state index in [1.807, 2.05) is 0 Å². The summed E-state index contributed by atoms with van der Waals surface area (Å²) in [5, 5.41) is 9.79. The summed E-state index contributed by atoms with van der Waals surface area (Å²) in [6.45, 7) is 0.994. The summed E-state index contributed by atoms with van der Waals surface area (Å²) in [5.41, 5.74) is -0.918. The van der Waals surface area contributed by atoms with Crippen LogP contribution in [-0.2, 0) is 13.8 Å². The number of nitrogens with zero attached hydrogens (tertiary/aromatic N) is 1. The van der Waals surface area contributed by atoms with Crippen LogP contribution >= 0.6 is 7.82 Å². The first-order valence-electron chi connectivity index (χ1n) is 6.03. The van der Waals surface area contributed by atoms with Crippen molar-refractivity contribution in [1.82, 2.24) is 9.55 Å². The second-order valence-electron chi connectivity index (χ2n) is 4.70. The van der Waals surface area contributed by atoms with E-state index in [0.29, 0.717) is 5.56 Å². The van der Waals surface area contributed by atoms with E-state index in [4.69, 9.17) is 14.5 Å². The van der Waals surface area contributed by atoms with Gasteiger partial charge in [-0.3, -0.25) is 28.3 Å². The van der Waals surface area contributed by atoms with E-state index in [0.717, 1.165) is 4.57 Å². The van der Waals surface area contributed by atoms with Gasteiger partial charge in [-0.25, -0.2) is 9.36 Å². The van der Waals surface area contributed by atoms with Gasteiger partial charge in [0, 0.05) is 18.2 Å². The lowest BCUT2D eigenvalue weighted by Crippen LogP contribution is -2.33. The first-order valence-corrected chi connectivity index (χ1v) is 7.56. The highest BCUT2D eigenvalue weighted by Crippen LogP contribution is 2.38. The lowest BCUT2D eigenvalue weighted by molar-refractivity contribution is -0.0451. The van der Waals surface area contributed by atoms with E-state index >= 15 is 0 Å². The van der Waals surface area contributed by atoms with E-state index in [1.165, 1.54) is 13.1 Å². The summed E-state index contributed by atoms with van der Waals surface area (Å²) in [7, 11) is -4.67. The normalized spacial score (nSPS) is 23.9. The molecule has 1 aromatic heterocycles. The zero-order valence-electron chi connectivity index (χ0n) is 11.8. The van der Waals surface area contributed by atoms with Crippen molar-refractivity contribution >= 4 is 7.82 Å². The fraction of sp³-hybridized carbons (Fsp3) is 0.600. The molecule has 1 aromatic rings. The van der Waals surface area contributed by atoms with Crippen LogP contribution in [0.2, 0.25) is 0 Å². The van der Waals surface area contributed by atoms with Gasteiger partial charge < -0.3 is 19.6 Å². The summed E-state index contributed by atoms with van der Waals surface area (Å²) in [4.78, 5) is 42.3. The van der Waals surface area contributed by atoms with Crippen LogP contribution in [0.3, 0.4) is 0 Å². The molecule has 0 saturated carbocycles. The molecule has 3 atom stereocenters. The van der Waals surface area contributed by atoms with Gasteiger partial charge in [0.15, 0.2) is 0 Å². The monoisotopic (exact) mass is 362 g/mol. The molecule has 4 N–H and O–H groups in total. The van der Waals surface area contributed by atoms with Crippen LogP contribution in [0.4, 0.5) is 9.41 Å². The number of ether oxygens (including phenoxy) is 1. The van der Waals surface area contributed by atoms with Crippen LogP contribution in [0.5, 0.6) is 0 Å². The van der Waals surface area contributed by atoms with Gasteiger partial charge in [-0.05, 0) is 6.92 Å². The largest absolute Gasteiger partial charge is 0.469 e. The number of H-pyrrole nitrogens is 1. The minimum atomic E-state index is -4.67. The average Bonchev–Trinajstić information content (AvgIpc) is 2.72. The highest BCUT2D eigenvalue weighted by molar-refractivity contribution is 7.46. The Bertz CT molecular complexity index is 686. The molecule has 13 heteroatoms. The van der Waals surface area contributed by atoms with Crippen molar-refractivity contribution in [3.05, 3.63) is 32.6 Å². The molecule has 0 radical (unpaired) electrons. The number of nitrogens with one attached hydrogen (secondary N) is 1. The lowest BCUT2D eigenvalue weighted by atomic mass is 10.2. The molecule has 10 nitrogen and oxygen atoms in total. The molecule has 1 fully saturated rings. The van der Waals surface area contributed by atoms with Crippen LogP contribution in [0.25, 0.3) is 0 Å². The standard InChI is InChI=1S/C10H15N2O8P.2FH/c1-5-3-12(10(15)11-9(5)14)8-2-6(13)7(20-8)4-19-21(16,17)18;;/h3,6-8,13H,2,4H2,1H3,(H,11,14,15)(H2,16,17,18);2*1H/t6-,7+,8+;;/m0../s1. The molecular weight excluding hydrogens is 345 g/mol. The van der Waals surface area contributed by atoms with Crippen LogP contribution in [0.1, 0.15) is 18.2 Å². The van der Waals surface area contributed by atoms with Gasteiger partial charge in [0.2, 0.25) is 0 Å². The summed E-state index contributed by atoms with van der Waals surface area (Å²) in [5.74, 6) is 0. The molecular formula is C10H17F2N2O8P. The number of hydrogen-bond donors (Lipinski definition) is 4. The van der Waals surface area contributed by atoms with Crippen LogP contribution in [0.15, 0.2) is 15.8 Å². The predicted molar refractivity (Wildman–Crippen MR) is 73.6 cm³/mol. The number of aliphatic hydroxyl groups is 1. The van der Waals surface area contributed by atoms with E-state index < -0.39 is 44.1 Å². The van der Waals surface area contributed by atoms with Crippen molar-refractivity contribution in [2.45, 2.75) is 31.8 Å². The Kier molecular flexibility index (Phi) is 7.41. The molecule has 0 spiro atoms.